The lowest BCUT2D eigenvalue weighted by atomic mass is 9.81. The minimum absolute atomic E-state index is 0.156. The number of fused-ring (bicyclic) bond motifs is 1. The maximum Gasteiger partial charge on any atom is 0.117 e. The monoisotopic (exact) mass is 221 g/mol. The molecule has 1 atom stereocenters. The maximum atomic E-state index is 9.31. The molecule has 3 heteroatoms. The van der Waals surface area contributed by atoms with Gasteiger partial charge in [0.15, 0.2) is 0 Å². The van der Waals surface area contributed by atoms with Crippen molar-refractivity contribution >= 4 is 5.69 Å². The number of hydrogen-bond donors (Lipinski definition) is 2. The lowest BCUT2D eigenvalue weighted by molar-refractivity contribution is 0.473. The van der Waals surface area contributed by atoms with E-state index in [-0.39, 0.29) is 5.41 Å². The van der Waals surface area contributed by atoms with Gasteiger partial charge in [0.05, 0.1) is 13.2 Å². The first-order valence-corrected chi connectivity index (χ1v) is 5.69. The van der Waals surface area contributed by atoms with Crippen LogP contribution in [0.2, 0.25) is 0 Å². The Hall–Kier alpha value is -1.22. The van der Waals surface area contributed by atoms with E-state index in [1.807, 2.05) is 6.07 Å². The molecule has 0 bridgehead atoms. The van der Waals surface area contributed by atoms with Crippen LogP contribution in [0.4, 0.5) is 5.69 Å². The summed E-state index contributed by atoms with van der Waals surface area (Å²) in [5.41, 5.74) is 2.51. The summed E-state index contributed by atoms with van der Waals surface area (Å²) < 4.78 is 4.50. The molecule has 1 unspecified atom stereocenters. The molecular weight excluding hydrogens is 202 g/mol. The SMILES string of the molecule is C1CO1.CC1Nc2cc(O)ccc2C1(C)C. The van der Waals surface area contributed by atoms with E-state index in [1.165, 1.54) is 5.56 Å². The van der Waals surface area contributed by atoms with Crippen LogP contribution < -0.4 is 5.32 Å². The van der Waals surface area contributed by atoms with Crippen LogP contribution in [0.3, 0.4) is 0 Å². The number of ether oxygens (including phenoxy) is 1. The van der Waals surface area contributed by atoms with E-state index < -0.39 is 0 Å². The number of benzene rings is 1. The van der Waals surface area contributed by atoms with Gasteiger partial charge >= 0.3 is 0 Å². The molecule has 16 heavy (non-hydrogen) atoms. The Labute approximate surface area is 96.4 Å². The first kappa shape index (κ1) is 11.3. The first-order valence-electron chi connectivity index (χ1n) is 5.69. The third-order valence-electron chi connectivity index (χ3n) is 3.36. The smallest absolute Gasteiger partial charge is 0.117 e. The maximum absolute atomic E-state index is 9.31. The Morgan fingerprint density at radius 1 is 1.38 bits per heavy atom. The highest BCUT2D eigenvalue weighted by Gasteiger charge is 2.36. The van der Waals surface area contributed by atoms with Crippen LogP contribution in [0.5, 0.6) is 5.75 Å². The van der Waals surface area contributed by atoms with Crippen molar-refractivity contribution in [2.24, 2.45) is 0 Å². The second kappa shape index (κ2) is 3.98. The summed E-state index contributed by atoms with van der Waals surface area (Å²) in [4.78, 5) is 0. The predicted octanol–water partition coefficient (Wildman–Crippen LogP) is 2.50. The van der Waals surface area contributed by atoms with E-state index in [1.54, 1.807) is 12.1 Å². The summed E-state index contributed by atoms with van der Waals surface area (Å²) >= 11 is 0. The summed E-state index contributed by atoms with van der Waals surface area (Å²) in [5.74, 6) is 0.330. The van der Waals surface area contributed by atoms with Gasteiger partial charge in [0, 0.05) is 23.2 Å². The highest BCUT2D eigenvalue weighted by Crippen LogP contribution is 2.41. The molecular formula is C13H19NO2. The summed E-state index contributed by atoms with van der Waals surface area (Å²) in [5, 5.41) is 12.7. The van der Waals surface area contributed by atoms with Crippen LogP contribution in [0.25, 0.3) is 0 Å². The first-order chi connectivity index (χ1) is 7.51. The molecule has 2 heterocycles. The Morgan fingerprint density at radius 2 is 2.00 bits per heavy atom. The van der Waals surface area contributed by atoms with Crippen molar-refractivity contribution in [1.29, 1.82) is 0 Å². The summed E-state index contributed by atoms with van der Waals surface area (Å²) in [6.45, 7) is 8.60. The van der Waals surface area contributed by atoms with Gasteiger partial charge in [-0.2, -0.15) is 0 Å². The van der Waals surface area contributed by atoms with Crippen LogP contribution in [-0.2, 0) is 10.2 Å². The van der Waals surface area contributed by atoms with Crippen molar-refractivity contribution in [2.75, 3.05) is 18.5 Å². The third-order valence-corrected chi connectivity index (χ3v) is 3.36. The van der Waals surface area contributed by atoms with Crippen molar-refractivity contribution in [3.05, 3.63) is 23.8 Å². The molecule has 3 nitrogen and oxygen atoms in total. The highest BCUT2D eigenvalue weighted by atomic mass is 16.6. The van der Waals surface area contributed by atoms with Crippen molar-refractivity contribution in [1.82, 2.24) is 0 Å². The molecule has 2 aliphatic heterocycles. The van der Waals surface area contributed by atoms with Gasteiger partial charge in [-0.05, 0) is 18.6 Å². The standard InChI is InChI=1S/C11H15NO.C2H4O/c1-7-11(2,3)9-5-4-8(13)6-10(9)12-7;1-2-3-1/h4-7,12-13H,1-3H3;1-2H2. The molecule has 1 aromatic carbocycles. The van der Waals surface area contributed by atoms with Crippen molar-refractivity contribution in [3.63, 3.8) is 0 Å². The second-order valence-electron chi connectivity index (χ2n) is 4.93. The van der Waals surface area contributed by atoms with Gasteiger partial charge in [-0.3, -0.25) is 0 Å². The highest BCUT2D eigenvalue weighted by molar-refractivity contribution is 5.63. The average molecular weight is 221 g/mol. The number of rotatable bonds is 0. The Kier molecular flexibility index (Phi) is 2.80. The van der Waals surface area contributed by atoms with Gasteiger partial charge in [0.2, 0.25) is 0 Å². The molecule has 3 rings (SSSR count). The Bertz CT molecular complexity index is 383. The normalized spacial score (nSPS) is 23.8. The van der Waals surface area contributed by atoms with E-state index in [4.69, 9.17) is 0 Å². The zero-order chi connectivity index (χ0) is 11.8. The second-order valence-corrected chi connectivity index (χ2v) is 4.93. The number of epoxide rings is 1. The zero-order valence-electron chi connectivity index (χ0n) is 10.1. The van der Waals surface area contributed by atoms with Crippen LogP contribution in [-0.4, -0.2) is 24.4 Å². The molecule has 0 saturated carbocycles. The molecule has 1 saturated heterocycles. The number of phenolic OH excluding ortho intramolecular Hbond substituents is 1. The Morgan fingerprint density at radius 3 is 2.56 bits per heavy atom. The lowest BCUT2D eigenvalue weighted by Gasteiger charge is -2.23. The summed E-state index contributed by atoms with van der Waals surface area (Å²) in [6, 6.07) is 5.96. The molecule has 1 aromatic rings. The van der Waals surface area contributed by atoms with Gasteiger partial charge in [-0.15, -0.1) is 0 Å². The Balaban J connectivity index is 0.000000278. The van der Waals surface area contributed by atoms with E-state index >= 15 is 0 Å². The predicted molar refractivity (Wildman–Crippen MR) is 65.0 cm³/mol. The fraction of sp³-hybridized carbons (Fsp3) is 0.538. The topological polar surface area (TPSA) is 44.8 Å². The van der Waals surface area contributed by atoms with Crippen LogP contribution in [0.1, 0.15) is 26.3 Å². The number of nitrogens with one attached hydrogen (secondary N) is 1. The quantitative estimate of drug-likeness (QED) is 0.662. The summed E-state index contributed by atoms with van der Waals surface area (Å²) in [6.07, 6.45) is 0. The molecule has 88 valence electrons. The minimum Gasteiger partial charge on any atom is -0.508 e. The number of phenols is 1. The van der Waals surface area contributed by atoms with Crippen LogP contribution in [0.15, 0.2) is 18.2 Å². The fourth-order valence-electron chi connectivity index (χ4n) is 1.86. The average Bonchev–Trinajstić information content (AvgIpc) is 3.01. The van der Waals surface area contributed by atoms with E-state index in [0.717, 1.165) is 18.9 Å². The lowest BCUT2D eigenvalue weighted by Crippen LogP contribution is -2.29. The van der Waals surface area contributed by atoms with Crippen molar-refractivity contribution in [2.45, 2.75) is 32.2 Å². The number of hydrogen-bond acceptors (Lipinski definition) is 3. The van der Waals surface area contributed by atoms with Gasteiger partial charge in [-0.1, -0.05) is 19.9 Å². The molecule has 2 aliphatic rings. The molecule has 2 N–H and O–H groups in total. The molecule has 1 fully saturated rings. The van der Waals surface area contributed by atoms with Gasteiger partial charge < -0.3 is 15.2 Å². The minimum atomic E-state index is 0.156. The molecule has 0 radical (unpaired) electrons. The molecule has 0 aromatic heterocycles. The van der Waals surface area contributed by atoms with E-state index in [0.29, 0.717) is 11.8 Å². The van der Waals surface area contributed by atoms with Gasteiger partial charge in [0.25, 0.3) is 0 Å². The van der Waals surface area contributed by atoms with Crippen LogP contribution in [0, 0.1) is 0 Å². The molecule has 0 aliphatic carbocycles. The number of aromatic hydroxyl groups is 1. The fourth-order valence-corrected chi connectivity index (χ4v) is 1.86. The third kappa shape index (κ3) is 2.14. The molecule has 0 spiro atoms. The van der Waals surface area contributed by atoms with Crippen LogP contribution >= 0.6 is 0 Å². The van der Waals surface area contributed by atoms with Gasteiger partial charge in [0.1, 0.15) is 5.75 Å². The van der Waals surface area contributed by atoms with Crippen molar-refractivity contribution < 1.29 is 9.84 Å². The van der Waals surface area contributed by atoms with Gasteiger partial charge in [-0.25, -0.2) is 0 Å². The summed E-state index contributed by atoms with van der Waals surface area (Å²) in [7, 11) is 0. The largest absolute Gasteiger partial charge is 0.508 e. The zero-order valence-corrected chi connectivity index (χ0v) is 10.1. The molecule has 0 amide bonds. The van der Waals surface area contributed by atoms with Crippen molar-refractivity contribution in [3.8, 4) is 5.75 Å². The van der Waals surface area contributed by atoms with E-state index in [9.17, 15) is 5.11 Å². The number of anilines is 1. The van der Waals surface area contributed by atoms with E-state index in [2.05, 4.69) is 30.8 Å².